The molecule has 5 nitrogen and oxygen atoms in total. The molecular weight excluding hydrogens is 390 g/mol. The van der Waals surface area contributed by atoms with Crippen molar-refractivity contribution in [3.05, 3.63) is 89.4 Å². The zero-order valence-electron chi connectivity index (χ0n) is 15.6. The maximum atomic E-state index is 12.2. The molecule has 3 rings (SSSR count). The molecular formula is C23H20ClNO4. The Morgan fingerprint density at radius 1 is 0.828 bits per heavy atom. The fourth-order valence-corrected chi connectivity index (χ4v) is 2.64. The Bertz CT molecular complexity index is 941. The van der Waals surface area contributed by atoms with E-state index in [4.69, 9.17) is 21.1 Å². The lowest BCUT2D eigenvalue weighted by Gasteiger charge is -2.08. The molecule has 0 aliphatic heterocycles. The summed E-state index contributed by atoms with van der Waals surface area (Å²) in [6.45, 7) is 0.398. The summed E-state index contributed by atoms with van der Waals surface area (Å²) in [7, 11) is 0. The van der Waals surface area contributed by atoms with Crippen LogP contribution in [0.15, 0.2) is 78.9 Å². The van der Waals surface area contributed by atoms with Crippen LogP contribution < -0.4 is 14.8 Å². The first-order valence-corrected chi connectivity index (χ1v) is 9.53. The molecule has 0 spiro atoms. The number of hydrogen-bond donors (Lipinski definition) is 1. The summed E-state index contributed by atoms with van der Waals surface area (Å²) in [5.41, 5.74) is 1.19. The first-order valence-electron chi connectivity index (χ1n) is 9.16. The molecule has 0 fully saturated rings. The molecule has 29 heavy (non-hydrogen) atoms. The first-order chi connectivity index (χ1) is 14.1. The molecule has 0 aliphatic carbocycles. The lowest BCUT2D eigenvalue weighted by molar-refractivity contribution is -0.134. The van der Waals surface area contributed by atoms with E-state index in [0.717, 1.165) is 0 Å². The van der Waals surface area contributed by atoms with Crippen molar-refractivity contribution in [1.82, 2.24) is 0 Å². The topological polar surface area (TPSA) is 64.6 Å². The molecule has 0 aliphatic rings. The summed E-state index contributed by atoms with van der Waals surface area (Å²) in [6.07, 6.45) is 0.753. The summed E-state index contributed by atoms with van der Waals surface area (Å²) in [6, 6.07) is 22.7. The van der Waals surface area contributed by atoms with Crippen LogP contribution in [0.2, 0.25) is 5.02 Å². The molecule has 3 aromatic rings. The van der Waals surface area contributed by atoms with Gasteiger partial charge in [0, 0.05) is 22.7 Å². The van der Waals surface area contributed by atoms with Gasteiger partial charge in [0.2, 0.25) is 0 Å². The van der Waals surface area contributed by atoms with Gasteiger partial charge in [0.05, 0.1) is 6.61 Å². The maximum Gasteiger partial charge on any atom is 0.311 e. The molecule has 0 unspecified atom stereocenters. The number of rotatable bonds is 8. The average molecular weight is 410 g/mol. The van der Waals surface area contributed by atoms with Crippen molar-refractivity contribution in [2.24, 2.45) is 0 Å². The molecule has 148 valence electrons. The third kappa shape index (κ3) is 6.66. The van der Waals surface area contributed by atoms with Gasteiger partial charge in [-0.3, -0.25) is 9.59 Å². The Hall–Kier alpha value is -3.31. The smallest absolute Gasteiger partial charge is 0.311 e. The van der Waals surface area contributed by atoms with Gasteiger partial charge < -0.3 is 14.8 Å². The van der Waals surface area contributed by atoms with E-state index >= 15 is 0 Å². The highest BCUT2D eigenvalue weighted by Crippen LogP contribution is 2.17. The van der Waals surface area contributed by atoms with Crippen LogP contribution in [-0.4, -0.2) is 18.5 Å². The van der Waals surface area contributed by atoms with Crippen molar-refractivity contribution in [3.63, 3.8) is 0 Å². The van der Waals surface area contributed by atoms with Gasteiger partial charge in [0.15, 0.2) is 0 Å². The third-order valence-corrected chi connectivity index (χ3v) is 4.24. The molecule has 0 atom stereocenters. The van der Waals surface area contributed by atoms with Crippen LogP contribution in [0.1, 0.15) is 23.2 Å². The summed E-state index contributed by atoms with van der Waals surface area (Å²) in [5.74, 6) is 0.511. The minimum absolute atomic E-state index is 0.226. The van der Waals surface area contributed by atoms with Gasteiger partial charge in [-0.25, -0.2) is 0 Å². The van der Waals surface area contributed by atoms with E-state index < -0.39 is 0 Å². The number of nitrogens with one attached hydrogen (secondary N) is 1. The number of hydrogen-bond acceptors (Lipinski definition) is 4. The summed E-state index contributed by atoms with van der Waals surface area (Å²) < 4.78 is 10.8. The SMILES string of the molecule is O=C(CCCOc1ccc(Cl)cc1)Oc1ccc(C(=O)Nc2ccccc2)cc1. The van der Waals surface area contributed by atoms with Gasteiger partial charge in [-0.2, -0.15) is 0 Å². The van der Waals surface area contributed by atoms with Crippen LogP contribution in [0.4, 0.5) is 5.69 Å². The van der Waals surface area contributed by atoms with E-state index in [0.29, 0.717) is 40.8 Å². The number of halogens is 1. The van der Waals surface area contributed by atoms with Gasteiger partial charge in [0.25, 0.3) is 5.91 Å². The quantitative estimate of drug-likeness (QED) is 0.309. The van der Waals surface area contributed by atoms with Gasteiger partial charge in [-0.15, -0.1) is 0 Å². The molecule has 3 aromatic carbocycles. The van der Waals surface area contributed by atoms with Crippen LogP contribution >= 0.6 is 11.6 Å². The predicted octanol–water partition coefficient (Wildman–Crippen LogP) is 5.36. The van der Waals surface area contributed by atoms with Crippen LogP contribution in [0.25, 0.3) is 0 Å². The van der Waals surface area contributed by atoms with Crippen molar-refractivity contribution >= 4 is 29.2 Å². The van der Waals surface area contributed by atoms with Gasteiger partial charge in [-0.1, -0.05) is 29.8 Å². The minimum Gasteiger partial charge on any atom is -0.494 e. The van der Waals surface area contributed by atoms with Crippen LogP contribution in [-0.2, 0) is 4.79 Å². The lowest BCUT2D eigenvalue weighted by atomic mass is 10.2. The van der Waals surface area contributed by atoms with E-state index in [1.165, 1.54) is 0 Å². The number of esters is 1. The van der Waals surface area contributed by atoms with Crippen molar-refractivity contribution in [2.45, 2.75) is 12.8 Å². The van der Waals surface area contributed by atoms with Crippen molar-refractivity contribution in [1.29, 1.82) is 0 Å². The second-order valence-electron chi connectivity index (χ2n) is 6.22. The van der Waals surface area contributed by atoms with E-state index in [2.05, 4.69) is 5.32 Å². The normalized spacial score (nSPS) is 10.2. The Morgan fingerprint density at radius 2 is 1.48 bits per heavy atom. The van der Waals surface area contributed by atoms with Crippen molar-refractivity contribution in [3.8, 4) is 11.5 Å². The highest BCUT2D eigenvalue weighted by molar-refractivity contribution is 6.30. The number of benzene rings is 3. The highest BCUT2D eigenvalue weighted by Gasteiger charge is 2.09. The average Bonchev–Trinajstić information content (AvgIpc) is 2.74. The molecule has 0 aromatic heterocycles. The van der Waals surface area contributed by atoms with E-state index in [1.807, 2.05) is 30.3 Å². The number of carbonyl (C=O) groups is 2. The Morgan fingerprint density at radius 3 is 2.17 bits per heavy atom. The molecule has 0 heterocycles. The largest absolute Gasteiger partial charge is 0.494 e. The van der Waals surface area contributed by atoms with Crippen molar-refractivity contribution in [2.75, 3.05) is 11.9 Å². The summed E-state index contributed by atoms with van der Waals surface area (Å²) in [5, 5.41) is 3.44. The molecule has 0 radical (unpaired) electrons. The van der Waals surface area contributed by atoms with Gasteiger partial charge >= 0.3 is 5.97 Å². The molecule has 0 bridgehead atoms. The summed E-state index contributed by atoms with van der Waals surface area (Å²) >= 11 is 5.82. The second-order valence-corrected chi connectivity index (χ2v) is 6.66. The number of amides is 1. The molecule has 1 amide bonds. The third-order valence-electron chi connectivity index (χ3n) is 3.99. The maximum absolute atomic E-state index is 12.2. The van der Waals surface area contributed by atoms with E-state index in [-0.39, 0.29) is 18.3 Å². The fraction of sp³-hybridized carbons (Fsp3) is 0.130. The number of carbonyl (C=O) groups excluding carboxylic acids is 2. The summed E-state index contributed by atoms with van der Waals surface area (Å²) in [4.78, 5) is 24.2. The minimum atomic E-state index is -0.355. The predicted molar refractivity (Wildman–Crippen MR) is 113 cm³/mol. The Kier molecular flexibility index (Phi) is 7.25. The first kappa shape index (κ1) is 20.4. The van der Waals surface area contributed by atoms with Crippen LogP contribution in [0, 0.1) is 0 Å². The molecule has 0 saturated heterocycles. The van der Waals surface area contributed by atoms with E-state index in [9.17, 15) is 9.59 Å². The zero-order chi connectivity index (χ0) is 20.5. The molecule has 6 heteroatoms. The van der Waals surface area contributed by atoms with Crippen molar-refractivity contribution < 1.29 is 19.1 Å². The molecule has 1 N–H and O–H groups in total. The zero-order valence-corrected chi connectivity index (χ0v) is 16.4. The highest BCUT2D eigenvalue weighted by atomic mass is 35.5. The van der Waals surface area contributed by atoms with Gasteiger partial charge in [0.1, 0.15) is 11.5 Å². The monoisotopic (exact) mass is 409 g/mol. The van der Waals surface area contributed by atoms with Crippen LogP contribution in [0.5, 0.6) is 11.5 Å². The fourth-order valence-electron chi connectivity index (χ4n) is 2.52. The number of anilines is 1. The Balaban J connectivity index is 1.41. The van der Waals surface area contributed by atoms with Crippen LogP contribution in [0.3, 0.4) is 0 Å². The second kappa shape index (κ2) is 10.3. The molecule has 0 saturated carbocycles. The number of para-hydroxylation sites is 1. The standard InChI is InChI=1S/C23H20ClNO4/c24-18-10-14-20(15-11-18)28-16-4-7-22(26)29-21-12-8-17(9-13-21)23(27)25-19-5-2-1-3-6-19/h1-3,5-6,8-15H,4,7,16H2,(H,25,27). The Labute approximate surface area is 174 Å². The number of ether oxygens (including phenoxy) is 2. The van der Waals surface area contributed by atoms with Gasteiger partial charge in [-0.05, 0) is 67.1 Å². The lowest BCUT2D eigenvalue weighted by Crippen LogP contribution is -2.12. The van der Waals surface area contributed by atoms with E-state index in [1.54, 1.807) is 48.5 Å².